The minimum atomic E-state index is -4.95. The molecule has 0 bridgehead atoms. The molecule has 0 fully saturated rings. The maximum absolute atomic E-state index is 13.0. The molecule has 0 aliphatic rings. The van der Waals surface area contributed by atoms with Crippen molar-refractivity contribution >= 4 is 39.5 Å². The van der Waals surface area contributed by atoms with Crippen LogP contribution in [0.1, 0.15) is 343 Å². The molecule has 0 aliphatic heterocycles. The molecule has 0 amide bonds. The molecule has 19 heteroatoms. The number of phosphoric acid groups is 2. The molecule has 3 N–H and O–H groups in total. The van der Waals surface area contributed by atoms with E-state index < -0.39 is 97.5 Å². The van der Waals surface area contributed by atoms with Crippen LogP contribution in [-0.4, -0.2) is 96.7 Å². The Labute approximate surface area is 524 Å². The third kappa shape index (κ3) is 59.7. The molecule has 0 aliphatic carbocycles. The second-order valence-electron chi connectivity index (χ2n) is 24.5. The number of aliphatic hydroxyl groups excluding tert-OH is 1. The molecule has 3 unspecified atom stereocenters. The van der Waals surface area contributed by atoms with Gasteiger partial charge in [-0.25, -0.2) is 9.13 Å². The third-order valence-corrected chi connectivity index (χ3v) is 17.8. The summed E-state index contributed by atoms with van der Waals surface area (Å²) in [6.07, 6.45) is 45.7. The lowest BCUT2D eigenvalue weighted by atomic mass is 9.99. The first-order valence-corrected chi connectivity index (χ1v) is 38.2. The molecule has 0 aromatic rings. The predicted octanol–water partition coefficient (Wildman–Crippen LogP) is 19.0. The highest BCUT2D eigenvalue weighted by atomic mass is 31.2. The van der Waals surface area contributed by atoms with Gasteiger partial charge < -0.3 is 33.8 Å². The highest BCUT2D eigenvalue weighted by molar-refractivity contribution is 7.47. The maximum Gasteiger partial charge on any atom is 0.472 e. The Kier molecular flexibility index (Phi) is 59.2. The van der Waals surface area contributed by atoms with Crippen LogP contribution >= 0.6 is 15.6 Å². The van der Waals surface area contributed by atoms with Crippen molar-refractivity contribution in [2.24, 2.45) is 5.92 Å². The van der Waals surface area contributed by atoms with E-state index in [4.69, 9.17) is 37.0 Å². The van der Waals surface area contributed by atoms with Gasteiger partial charge in [-0.05, 0) is 31.6 Å². The van der Waals surface area contributed by atoms with E-state index in [0.29, 0.717) is 25.7 Å². The quantitative estimate of drug-likeness (QED) is 0.0222. The molecule has 0 spiro atoms. The van der Waals surface area contributed by atoms with Crippen LogP contribution < -0.4 is 0 Å². The van der Waals surface area contributed by atoms with E-state index in [1.54, 1.807) is 0 Å². The van der Waals surface area contributed by atoms with Crippen LogP contribution in [0, 0.1) is 5.92 Å². The van der Waals surface area contributed by atoms with E-state index in [1.165, 1.54) is 167 Å². The van der Waals surface area contributed by atoms with Crippen LogP contribution in [0.2, 0.25) is 0 Å². The Morgan fingerprint density at radius 3 is 0.826 bits per heavy atom. The molecule has 17 nitrogen and oxygen atoms in total. The van der Waals surface area contributed by atoms with Gasteiger partial charge in [-0.1, -0.05) is 291 Å². The molecule has 0 rings (SSSR count). The molecule has 0 aromatic heterocycles. The van der Waals surface area contributed by atoms with Crippen LogP contribution in [0.3, 0.4) is 0 Å². The minimum absolute atomic E-state index is 0.106. The van der Waals surface area contributed by atoms with E-state index in [-0.39, 0.29) is 25.7 Å². The maximum atomic E-state index is 13.0. The van der Waals surface area contributed by atoms with Gasteiger partial charge in [0.2, 0.25) is 0 Å². The Balaban J connectivity index is 5.23. The molecular weight excluding hydrogens is 1140 g/mol. The summed E-state index contributed by atoms with van der Waals surface area (Å²) in [7, 11) is -9.89. The van der Waals surface area contributed by atoms with E-state index in [9.17, 15) is 43.2 Å². The number of esters is 4. The Bertz CT molecular complexity index is 1670. The number of ether oxygens (including phenoxy) is 4. The Morgan fingerprint density at radius 1 is 0.326 bits per heavy atom. The van der Waals surface area contributed by atoms with Gasteiger partial charge in [0, 0.05) is 25.7 Å². The lowest BCUT2D eigenvalue weighted by molar-refractivity contribution is -0.161. The average molecular weight is 1270 g/mol. The molecule has 0 saturated carbocycles. The molecule has 510 valence electrons. The highest BCUT2D eigenvalue weighted by Gasteiger charge is 2.30. The summed E-state index contributed by atoms with van der Waals surface area (Å²) in [4.78, 5) is 72.3. The fraction of sp³-hybridized carbons (Fsp3) is 0.940. The normalized spacial score (nSPS) is 14.5. The fourth-order valence-corrected chi connectivity index (χ4v) is 11.7. The summed E-state index contributed by atoms with van der Waals surface area (Å²) in [5, 5.41) is 10.6. The molecule has 0 saturated heterocycles. The zero-order valence-electron chi connectivity index (χ0n) is 55.4. The number of unbranched alkanes of at least 4 members (excludes halogenated alkanes) is 38. The molecule has 6 atom stereocenters. The highest BCUT2D eigenvalue weighted by Crippen LogP contribution is 2.45. The van der Waals surface area contributed by atoms with Gasteiger partial charge >= 0.3 is 39.5 Å². The van der Waals surface area contributed by atoms with Crippen molar-refractivity contribution in [3.63, 3.8) is 0 Å². The smallest absolute Gasteiger partial charge is 0.462 e. The number of phosphoric ester groups is 2. The number of rotatable bonds is 67. The van der Waals surface area contributed by atoms with E-state index in [1.807, 2.05) is 0 Å². The van der Waals surface area contributed by atoms with Gasteiger partial charge in [-0.3, -0.25) is 37.3 Å². The molecule has 0 heterocycles. The van der Waals surface area contributed by atoms with E-state index >= 15 is 0 Å². The molecule has 0 radical (unpaired) electrons. The zero-order valence-corrected chi connectivity index (χ0v) is 57.2. The fourth-order valence-electron chi connectivity index (χ4n) is 10.1. The number of carbonyl (C=O) groups is 4. The number of carbonyl (C=O) groups excluding carboxylic acids is 4. The van der Waals surface area contributed by atoms with Crippen molar-refractivity contribution in [1.82, 2.24) is 0 Å². The molecular formula is C67H130O17P2. The minimum Gasteiger partial charge on any atom is -0.462 e. The number of aliphatic hydroxyl groups is 1. The van der Waals surface area contributed by atoms with E-state index in [2.05, 4.69) is 34.6 Å². The van der Waals surface area contributed by atoms with Crippen LogP contribution in [0.25, 0.3) is 0 Å². The van der Waals surface area contributed by atoms with Crippen molar-refractivity contribution in [3.8, 4) is 0 Å². The summed E-state index contributed by atoms with van der Waals surface area (Å²) >= 11 is 0. The van der Waals surface area contributed by atoms with Crippen molar-refractivity contribution in [2.45, 2.75) is 361 Å². The van der Waals surface area contributed by atoms with Crippen LogP contribution in [0.4, 0.5) is 0 Å². The molecule has 86 heavy (non-hydrogen) atoms. The summed E-state index contributed by atoms with van der Waals surface area (Å²) in [6, 6.07) is 0. The summed E-state index contributed by atoms with van der Waals surface area (Å²) in [5.41, 5.74) is 0. The first-order chi connectivity index (χ1) is 41.6. The first-order valence-electron chi connectivity index (χ1n) is 35.2. The third-order valence-electron chi connectivity index (χ3n) is 15.9. The van der Waals surface area contributed by atoms with Crippen molar-refractivity contribution in [1.29, 1.82) is 0 Å². The zero-order chi connectivity index (χ0) is 63.5. The Hall–Kier alpha value is -1.94. The van der Waals surface area contributed by atoms with Crippen molar-refractivity contribution in [2.75, 3.05) is 39.6 Å². The van der Waals surface area contributed by atoms with E-state index in [0.717, 1.165) is 95.8 Å². The van der Waals surface area contributed by atoms with Gasteiger partial charge in [0.05, 0.1) is 26.4 Å². The average Bonchev–Trinajstić information content (AvgIpc) is 3.52. The van der Waals surface area contributed by atoms with Crippen LogP contribution in [-0.2, 0) is 65.4 Å². The lowest BCUT2D eigenvalue weighted by Gasteiger charge is -2.21. The lowest BCUT2D eigenvalue weighted by Crippen LogP contribution is -2.30. The van der Waals surface area contributed by atoms with Gasteiger partial charge in [-0.15, -0.1) is 0 Å². The second-order valence-corrected chi connectivity index (χ2v) is 27.4. The summed E-state index contributed by atoms with van der Waals surface area (Å²) in [6.45, 7) is 7.21. The van der Waals surface area contributed by atoms with Gasteiger partial charge in [0.1, 0.15) is 19.3 Å². The standard InChI is InChI=1S/C67H130O17P2/c1-6-10-13-16-19-22-24-25-26-27-28-31-38-43-48-53-67(72)84-63(57-78-65(70)51-46-41-36-33-32-34-39-44-49-60(5)9-4)59-82-86(75,76)80-55-61(68)54-79-85(73,74)81-58-62(56-77-64(69)50-45-40-35-29-21-18-15-12-8-3)83-66(71)52-47-42-37-30-23-20-17-14-11-7-2/h60-63,68H,6-59H2,1-5H3,(H,73,74)(H,75,76)/t60?,61-,62+,63+/m0/s1. The number of hydrogen-bond acceptors (Lipinski definition) is 15. The van der Waals surface area contributed by atoms with Crippen LogP contribution in [0.5, 0.6) is 0 Å². The number of hydrogen-bond donors (Lipinski definition) is 3. The summed E-state index contributed by atoms with van der Waals surface area (Å²) < 4.78 is 68.1. The van der Waals surface area contributed by atoms with Crippen molar-refractivity contribution in [3.05, 3.63) is 0 Å². The first kappa shape index (κ1) is 84.1. The van der Waals surface area contributed by atoms with Gasteiger partial charge in [0.15, 0.2) is 12.2 Å². The topological polar surface area (TPSA) is 237 Å². The summed E-state index contributed by atoms with van der Waals surface area (Å²) in [5.74, 6) is -1.35. The Morgan fingerprint density at radius 2 is 0.558 bits per heavy atom. The predicted molar refractivity (Wildman–Crippen MR) is 345 cm³/mol. The van der Waals surface area contributed by atoms with Gasteiger partial charge in [-0.2, -0.15) is 0 Å². The van der Waals surface area contributed by atoms with Crippen LogP contribution in [0.15, 0.2) is 0 Å². The molecule has 0 aromatic carbocycles. The van der Waals surface area contributed by atoms with Crippen molar-refractivity contribution < 1.29 is 80.2 Å². The largest absolute Gasteiger partial charge is 0.472 e. The van der Waals surface area contributed by atoms with Gasteiger partial charge in [0.25, 0.3) is 0 Å². The SMILES string of the molecule is CCCCCCCCCCCCCCCCCC(=O)O[C@H](COC(=O)CCCCCCCCCCC(C)CC)COP(=O)(O)OC[C@@H](O)COP(=O)(O)OC[C@@H](COC(=O)CCCCCCCCCCC)OC(=O)CCCCCCCCCCCC. The second kappa shape index (κ2) is 60.6. The monoisotopic (exact) mass is 1270 g/mol.